The van der Waals surface area contributed by atoms with Gasteiger partial charge in [0.1, 0.15) is 13.2 Å². The highest BCUT2D eigenvalue weighted by molar-refractivity contribution is 5.86. The molecule has 6 heteroatoms. The van der Waals surface area contributed by atoms with Crippen molar-refractivity contribution in [3.8, 4) is 34.1 Å². The van der Waals surface area contributed by atoms with Crippen LogP contribution in [0.25, 0.3) is 11.1 Å². The van der Waals surface area contributed by atoms with Crippen molar-refractivity contribution >= 4 is 0 Å². The molecular weight excluding hydrogens is 444 g/mol. The van der Waals surface area contributed by atoms with Gasteiger partial charge >= 0.3 is 0 Å². The molecule has 0 aromatic heterocycles. The van der Waals surface area contributed by atoms with Gasteiger partial charge in [-0.05, 0) is 57.6 Å². The number of benzene rings is 4. The highest BCUT2D eigenvalue weighted by Gasteiger charge is 2.46. The Bertz CT molecular complexity index is 1260. The van der Waals surface area contributed by atoms with E-state index in [1.54, 1.807) is 24.3 Å². The Labute approximate surface area is 203 Å². The van der Waals surface area contributed by atoms with Crippen LogP contribution in [-0.4, -0.2) is 46.9 Å². The third kappa shape index (κ3) is 3.67. The van der Waals surface area contributed by atoms with E-state index in [0.29, 0.717) is 0 Å². The number of phenols is 2. The van der Waals surface area contributed by atoms with Gasteiger partial charge in [0.05, 0.1) is 18.6 Å². The summed E-state index contributed by atoms with van der Waals surface area (Å²) in [6.45, 7) is -0.161. The van der Waals surface area contributed by atoms with Crippen LogP contribution in [0.15, 0.2) is 84.9 Å². The van der Waals surface area contributed by atoms with Gasteiger partial charge in [-0.25, -0.2) is 0 Å². The molecule has 4 N–H and O–H groups in total. The minimum Gasteiger partial charge on any atom is -0.504 e. The lowest BCUT2D eigenvalue weighted by atomic mass is 9.67. The summed E-state index contributed by atoms with van der Waals surface area (Å²) in [7, 11) is 0. The molecule has 0 saturated heterocycles. The van der Waals surface area contributed by atoms with E-state index in [0.717, 1.165) is 33.4 Å². The van der Waals surface area contributed by atoms with Gasteiger partial charge in [0, 0.05) is 0 Å². The summed E-state index contributed by atoms with van der Waals surface area (Å²) >= 11 is 0. The molecule has 4 aromatic carbocycles. The smallest absolute Gasteiger partial charge is 0.161 e. The average molecular weight is 471 g/mol. The number of aromatic hydroxyl groups is 2. The fourth-order valence-electron chi connectivity index (χ4n) is 5.08. The van der Waals surface area contributed by atoms with Crippen LogP contribution in [0.1, 0.15) is 22.3 Å². The maximum atomic E-state index is 10.8. The lowest BCUT2D eigenvalue weighted by Gasteiger charge is -2.34. The molecule has 6 nitrogen and oxygen atoms in total. The van der Waals surface area contributed by atoms with E-state index >= 15 is 0 Å². The predicted molar refractivity (Wildman–Crippen MR) is 132 cm³/mol. The van der Waals surface area contributed by atoms with Gasteiger partial charge in [0.25, 0.3) is 0 Å². The Morgan fingerprint density at radius 1 is 0.571 bits per heavy atom. The summed E-state index contributed by atoms with van der Waals surface area (Å²) in [5.41, 5.74) is 4.96. The van der Waals surface area contributed by atoms with Crippen LogP contribution < -0.4 is 9.47 Å². The first-order valence-electron chi connectivity index (χ1n) is 11.4. The Balaban J connectivity index is 1.78. The first kappa shape index (κ1) is 22.8. The number of ether oxygens (including phenoxy) is 2. The molecule has 0 heterocycles. The van der Waals surface area contributed by atoms with E-state index in [4.69, 9.17) is 19.7 Å². The van der Waals surface area contributed by atoms with Gasteiger partial charge in [-0.3, -0.25) is 0 Å². The summed E-state index contributed by atoms with van der Waals surface area (Å²) in [5.74, 6) is 0.495. The number of phenolic OH excluding ortho intramolecular Hbond substituents is 2. The van der Waals surface area contributed by atoms with Crippen molar-refractivity contribution in [3.05, 3.63) is 107 Å². The SMILES string of the molecule is OCCOc1ccc(C2(c3ccc(OCCO)c(O)c3)c3ccccc3-c3ccccc32)cc1O. The Hall–Kier alpha value is -4.00. The molecule has 0 fully saturated rings. The molecule has 35 heavy (non-hydrogen) atoms. The van der Waals surface area contributed by atoms with Gasteiger partial charge in [0.15, 0.2) is 23.0 Å². The third-order valence-corrected chi connectivity index (χ3v) is 6.43. The van der Waals surface area contributed by atoms with E-state index in [-0.39, 0.29) is 49.4 Å². The van der Waals surface area contributed by atoms with Crippen LogP contribution in [0.3, 0.4) is 0 Å². The fourth-order valence-corrected chi connectivity index (χ4v) is 5.08. The summed E-state index contributed by atoms with van der Waals surface area (Å²) in [6.07, 6.45) is 0. The summed E-state index contributed by atoms with van der Waals surface area (Å²) in [4.78, 5) is 0. The van der Waals surface area contributed by atoms with E-state index in [1.165, 1.54) is 0 Å². The number of hydrogen-bond donors (Lipinski definition) is 4. The second-order valence-electron chi connectivity index (χ2n) is 8.35. The predicted octanol–water partition coefficient (Wildman–Crippen LogP) is 4.20. The molecule has 1 aliphatic rings. The van der Waals surface area contributed by atoms with Crippen LogP contribution in [-0.2, 0) is 5.41 Å². The topological polar surface area (TPSA) is 99.4 Å². The molecule has 0 radical (unpaired) electrons. The molecular formula is C29H26O6. The first-order chi connectivity index (χ1) is 17.1. The molecule has 0 saturated carbocycles. The average Bonchev–Trinajstić information content (AvgIpc) is 3.18. The van der Waals surface area contributed by atoms with Gasteiger partial charge in [-0.1, -0.05) is 60.7 Å². The monoisotopic (exact) mass is 470 g/mol. The number of rotatable bonds is 8. The van der Waals surface area contributed by atoms with Crippen LogP contribution in [0.2, 0.25) is 0 Å². The molecule has 4 aromatic rings. The van der Waals surface area contributed by atoms with E-state index in [2.05, 4.69) is 24.3 Å². The number of hydrogen-bond acceptors (Lipinski definition) is 6. The summed E-state index contributed by atoms with van der Waals surface area (Å²) in [6, 6.07) is 26.8. The quantitative estimate of drug-likeness (QED) is 0.271. The van der Waals surface area contributed by atoms with Crippen LogP contribution >= 0.6 is 0 Å². The first-order valence-corrected chi connectivity index (χ1v) is 11.4. The highest BCUT2D eigenvalue weighted by Crippen LogP contribution is 2.57. The van der Waals surface area contributed by atoms with E-state index in [1.807, 2.05) is 36.4 Å². The normalized spacial score (nSPS) is 13.2. The van der Waals surface area contributed by atoms with Crippen molar-refractivity contribution in [1.82, 2.24) is 0 Å². The van der Waals surface area contributed by atoms with Gasteiger partial charge in [-0.2, -0.15) is 0 Å². The number of aliphatic hydroxyl groups excluding tert-OH is 2. The highest BCUT2D eigenvalue weighted by atomic mass is 16.5. The van der Waals surface area contributed by atoms with Crippen LogP contribution in [0.4, 0.5) is 0 Å². The van der Waals surface area contributed by atoms with Crippen LogP contribution in [0.5, 0.6) is 23.0 Å². The van der Waals surface area contributed by atoms with Crippen molar-refractivity contribution in [2.75, 3.05) is 26.4 Å². The third-order valence-electron chi connectivity index (χ3n) is 6.43. The Morgan fingerprint density at radius 3 is 1.40 bits per heavy atom. The molecule has 1 aliphatic carbocycles. The Morgan fingerprint density at radius 2 is 1.00 bits per heavy atom. The fraction of sp³-hybridized carbons (Fsp3) is 0.172. The van der Waals surface area contributed by atoms with Crippen molar-refractivity contribution in [2.24, 2.45) is 0 Å². The van der Waals surface area contributed by atoms with Crippen LogP contribution in [0, 0.1) is 0 Å². The lowest BCUT2D eigenvalue weighted by molar-refractivity contribution is 0.197. The molecule has 5 rings (SSSR count). The van der Waals surface area contributed by atoms with Gasteiger partial charge in [0.2, 0.25) is 0 Å². The van der Waals surface area contributed by atoms with Gasteiger partial charge in [-0.15, -0.1) is 0 Å². The molecule has 0 amide bonds. The van der Waals surface area contributed by atoms with Crippen molar-refractivity contribution < 1.29 is 29.9 Å². The summed E-state index contributed by atoms with van der Waals surface area (Å²) < 4.78 is 11.0. The lowest BCUT2D eigenvalue weighted by Crippen LogP contribution is -2.28. The molecule has 0 aliphatic heterocycles. The Kier molecular flexibility index (Phi) is 6.07. The zero-order valence-electron chi connectivity index (χ0n) is 19.0. The minimum absolute atomic E-state index is 0.0377. The molecule has 0 unspecified atom stereocenters. The minimum atomic E-state index is -0.826. The number of fused-ring (bicyclic) bond motifs is 3. The van der Waals surface area contributed by atoms with E-state index in [9.17, 15) is 10.2 Å². The molecule has 0 atom stereocenters. The molecule has 0 spiro atoms. The zero-order chi connectivity index (χ0) is 24.4. The van der Waals surface area contributed by atoms with Gasteiger partial charge < -0.3 is 29.9 Å². The summed E-state index contributed by atoms with van der Waals surface area (Å²) in [5, 5.41) is 39.9. The van der Waals surface area contributed by atoms with Crippen molar-refractivity contribution in [2.45, 2.75) is 5.41 Å². The number of aliphatic hydroxyl groups is 2. The standard InChI is InChI=1S/C29H26O6/c30-13-15-34-27-11-9-19(17-25(27)32)29(20-10-12-28(26(33)18-20)35-16-14-31)23-7-3-1-5-21(23)22-6-2-4-8-24(22)29/h1-12,17-18,30-33H,13-16H2. The van der Waals surface area contributed by atoms with Crippen molar-refractivity contribution in [1.29, 1.82) is 0 Å². The zero-order valence-corrected chi connectivity index (χ0v) is 19.0. The maximum absolute atomic E-state index is 10.8. The maximum Gasteiger partial charge on any atom is 0.161 e. The van der Waals surface area contributed by atoms with E-state index < -0.39 is 5.41 Å². The second-order valence-corrected chi connectivity index (χ2v) is 8.35. The van der Waals surface area contributed by atoms with Crippen molar-refractivity contribution in [3.63, 3.8) is 0 Å². The molecule has 178 valence electrons. The largest absolute Gasteiger partial charge is 0.504 e. The second kappa shape index (κ2) is 9.33. The molecule has 0 bridgehead atoms.